The van der Waals surface area contributed by atoms with Crippen LogP contribution in [0, 0.1) is 5.82 Å². The smallest absolute Gasteiger partial charge is 0.265 e. The van der Waals surface area contributed by atoms with Crippen molar-refractivity contribution in [3.63, 3.8) is 0 Å². The van der Waals surface area contributed by atoms with Crippen molar-refractivity contribution >= 4 is 23.1 Å². The Hall–Kier alpha value is -2.34. The molecule has 0 spiro atoms. The van der Waals surface area contributed by atoms with Crippen LogP contribution in [-0.4, -0.2) is 21.4 Å². The van der Waals surface area contributed by atoms with E-state index >= 15 is 0 Å². The molecule has 2 heterocycles. The lowest BCUT2D eigenvalue weighted by Crippen LogP contribution is -2.00. The molecular weight excluding hydrogens is 283 g/mol. The lowest BCUT2D eigenvalue weighted by molar-refractivity contribution is 0.464. The van der Waals surface area contributed by atoms with Crippen molar-refractivity contribution in [1.29, 1.82) is 0 Å². The number of rotatable bonds is 3. The minimum absolute atomic E-state index is 0.173. The molecule has 1 N–H and O–H groups in total. The number of anilines is 1. The number of nitrogens with zero attached hydrogens (tertiary/aromatic N) is 3. The second-order valence-corrected chi connectivity index (χ2v) is 4.42. The van der Waals surface area contributed by atoms with Crippen LogP contribution in [0.15, 0.2) is 36.8 Å². The molecule has 3 rings (SSSR count). The predicted molar refractivity (Wildman–Crippen MR) is 74.0 cm³/mol. The Labute approximate surface area is 119 Å². The van der Waals surface area contributed by atoms with E-state index in [9.17, 15) is 4.39 Å². The van der Waals surface area contributed by atoms with Crippen molar-refractivity contribution in [3.8, 4) is 11.6 Å². The summed E-state index contributed by atoms with van der Waals surface area (Å²) in [6.45, 7) is 0. The van der Waals surface area contributed by atoms with Crippen molar-refractivity contribution in [1.82, 2.24) is 14.4 Å². The van der Waals surface area contributed by atoms with Gasteiger partial charge >= 0.3 is 0 Å². The normalized spacial score (nSPS) is 10.8. The third kappa shape index (κ3) is 2.25. The summed E-state index contributed by atoms with van der Waals surface area (Å²) in [7, 11) is 1.75. The fourth-order valence-corrected chi connectivity index (χ4v) is 1.96. The number of hydrogen-bond donors (Lipinski definition) is 1. The molecular formula is C13H10ClFN4O. The summed E-state index contributed by atoms with van der Waals surface area (Å²) in [6, 6.07) is 3.90. The van der Waals surface area contributed by atoms with Gasteiger partial charge in [0.15, 0.2) is 0 Å². The molecule has 0 amide bonds. The van der Waals surface area contributed by atoms with Crippen LogP contribution in [0.3, 0.4) is 0 Å². The first-order valence-electron chi connectivity index (χ1n) is 5.82. The molecule has 0 aliphatic heterocycles. The number of ether oxygens (including phenoxy) is 1. The van der Waals surface area contributed by atoms with Gasteiger partial charge in [-0.15, -0.1) is 0 Å². The van der Waals surface area contributed by atoms with E-state index in [1.807, 2.05) is 0 Å². The molecule has 0 saturated carbocycles. The highest BCUT2D eigenvalue weighted by Crippen LogP contribution is 2.31. The van der Waals surface area contributed by atoms with Gasteiger partial charge in [-0.2, -0.15) is 4.98 Å². The Bertz CT molecular complexity index is 774. The van der Waals surface area contributed by atoms with Gasteiger partial charge in [-0.1, -0.05) is 11.6 Å². The Kier molecular flexibility index (Phi) is 3.15. The molecule has 1 aromatic carbocycles. The number of imidazole rings is 1. The number of aromatic nitrogens is 3. The van der Waals surface area contributed by atoms with Crippen molar-refractivity contribution in [3.05, 3.63) is 47.6 Å². The summed E-state index contributed by atoms with van der Waals surface area (Å²) in [6.07, 6.45) is 5.19. The molecule has 0 saturated heterocycles. The van der Waals surface area contributed by atoms with E-state index in [2.05, 4.69) is 15.3 Å². The van der Waals surface area contributed by atoms with Gasteiger partial charge < -0.3 is 10.1 Å². The van der Waals surface area contributed by atoms with Crippen LogP contribution in [0.25, 0.3) is 5.65 Å². The van der Waals surface area contributed by atoms with Gasteiger partial charge in [-0.25, -0.2) is 9.37 Å². The number of fused-ring (bicyclic) bond motifs is 1. The SMILES string of the molecule is CNc1cn2ccnc2c(Oc2ccc(F)cc2Cl)n1. The third-order valence-corrected chi connectivity index (χ3v) is 3.00. The summed E-state index contributed by atoms with van der Waals surface area (Å²) < 4.78 is 20.4. The largest absolute Gasteiger partial charge is 0.434 e. The Balaban J connectivity index is 2.07. The molecule has 3 aromatic rings. The maximum absolute atomic E-state index is 13.0. The van der Waals surface area contributed by atoms with E-state index in [0.29, 0.717) is 17.2 Å². The minimum Gasteiger partial charge on any atom is -0.434 e. The maximum Gasteiger partial charge on any atom is 0.265 e. The van der Waals surface area contributed by atoms with E-state index in [0.717, 1.165) is 0 Å². The fraction of sp³-hybridized carbons (Fsp3) is 0.0769. The first-order chi connectivity index (χ1) is 9.67. The summed E-state index contributed by atoms with van der Waals surface area (Å²) in [5.74, 6) is 0.794. The zero-order chi connectivity index (χ0) is 14.1. The van der Waals surface area contributed by atoms with E-state index in [1.54, 1.807) is 30.0 Å². The monoisotopic (exact) mass is 292 g/mol. The van der Waals surface area contributed by atoms with Gasteiger partial charge in [0.2, 0.25) is 5.65 Å². The summed E-state index contributed by atoms with van der Waals surface area (Å²) >= 11 is 5.94. The average Bonchev–Trinajstić information content (AvgIpc) is 2.90. The standard InChI is InChI=1S/C13H10ClFN4O/c1-16-11-7-19-5-4-17-12(19)13(18-11)20-10-3-2-8(15)6-9(10)14/h2-7,16H,1H3. The summed E-state index contributed by atoms with van der Waals surface area (Å²) in [4.78, 5) is 8.45. The highest BCUT2D eigenvalue weighted by Gasteiger charge is 2.12. The van der Waals surface area contributed by atoms with E-state index < -0.39 is 5.82 Å². The molecule has 0 aliphatic rings. The Morgan fingerprint density at radius 3 is 3.00 bits per heavy atom. The second-order valence-electron chi connectivity index (χ2n) is 4.02. The highest BCUT2D eigenvalue weighted by molar-refractivity contribution is 6.32. The first-order valence-corrected chi connectivity index (χ1v) is 6.19. The minimum atomic E-state index is -0.426. The van der Waals surface area contributed by atoms with Gasteiger partial charge in [0.05, 0.1) is 11.2 Å². The van der Waals surface area contributed by atoms with Crippen molar-refractivity contribution in [2.45, 2.75) is 0 Å². The third-order valence-electron chi connectivity index (χ3n) is 2.70. The lowest BCUT2D eigenvalue weighted by atomic mass is 10.3. The lowest BCUT2D eigenvalue weighted by Gasteiger charge is -2.09. The van der Waals surface area contributed by atoms with Crippen LogP contribution < -0.4 is 10.1 Å². The average molecular weight is 293 g/mol. The summed E-state index contributed by atoms with van der Waals surface area (Å²) in [5, 5.41) is 3.10. The highest BCUT2D eigenvalue weighted by atomic mass is 35.5. The van der Waals surface area contributed by atoms with Crippen LogP contribution in [0.2, 0.25) is 5.02 Å². The van der Waals surface area contributed by atoms with Crippen LogP contribution in [-0.2, 0) is 0 Å². The zero-order valence-corrected chi connectivity index (χ0v) is 11.2. The van der Waals surface area contributed by atoms with Gasteiger partial charge in [0, 0.05) is 19.4 Å². The molecule has 5 nitrogen and oxygen atoms in total. The number of hydrogen-bond acceptors (Lipinski definition) is 4. The molecule has 0 atom stereocenters. The molecule has 20 heavy (non-hydrogen) atoms. The molecule has 0 bridgehead atoms. The molecule has 2 aromatic heterocycles. The Morgan fingerprint density at radius 2 is 2.25 bits per heavy atom. The first kappa shape index (κ1) is 12.7. The summed E-state index contributed by atoms with van der Waals surface area (Å²) in [5.41, 5.74) is 0.546. The molecule has 0 fully saturated rings. The fourth-order valence-electron chi connectivity index (χ4n) is 1.75. The van der Waals surface area contributed by atoms with Crippen LogP contribution in [0.4, 0.5) is 10.2 Å². The quantitative estimate of drug-likeness (QED) is 0.804. The molecule has 0 radical (unpaired) electrons. The van der Waals surface area contributed by atoms with E-state index in [1.165, 1.54) is 18.2 Å². The maximum atomic E-state index is 13.0. The number of halogens is 2. The predicted octanol–water partition coefficient (Wildman–Crippen LogP) is 3.36. The topological polar surface area (TPSA) is 51.5 Å². The molecule has 102 valence electrons. The van der Waals surface area contributed by atoms with Crippen molar-refractivity contribution < 1.29 is 9.13 Å². The Morgan fingerprint density at radius 1 is 1.40 bits per heavy atom. The zero-order valence-electron chi connectivity index (χ0n) is 10.5. The second kappa shape index (κ2) is 4.97. The van der Waals surface area contributed by atoms with Crippen molar-refractivity contribution in [2.24, 2.45) is 0 Å². The van der Waals surface area contributed by atoms with Gasteiger partial charge in [-0.05, 0) is 18.2 Å². The molecule has 7 heteroatoms. The van der Waals surface area contributed by atoms with Crippen LogP contribution in [0.1, 0.15) is 0 Å². The van der Waals surface area contributed by atoms with Crippen molar-refractivity contribution in [2.75, 3.05) is 12.4 Å². The number of nitrogens with one attached hydrogen (secondary N) is 1. The van der Waals surface area contributed by atoms with Gasteiger partial charge in [-0.3, -0.25) is 4.40 Å². The van der Waals surface area contributed by atoms with E-state index in [4.69, 9.17) is 16.3 Å². The molecule has 0 unspecified atom stereocenters. The van der Waals surface area contributed by atoms with Crippen LogP contribution >= 0.6 is 11.6 Å². The van der Waals surface area contributed by atoms with Gasteiger partial charge in [0.1, 0.15) is 17.4 Å². The molecule has 0 aliphatic carbocycles. The number of benzene rings is 1. The van der Waals surface area contributed by atoms with Crippen LogP contribution in [0.5, 0.6) is 11.6 Å². The van der Waals surface area contributed by atoms with E-state index in [-0.39, 0.29) is 10.9 Å². The van der Waals surface area contributed by atoms with Gasteiger partial charge in [0.25, 0.3) is 5.88 Å².